The number of aromatic nitrogens is 2. The number of nitrogens with one attached hydrogen (secondary N) is 2. The summed E-state index contributed by atoms with van der Waals surface area (Å²) in [4.78, 5) is 20.9. The predicted octanol–water partition coefficient (Wildman–Crippen LogP) is 5.18. The molecule has 0 fully saturated rings. The second-order valence-electron chi connectivity index (χ2n) is 6.78. The largest absolute Gasteiger partial charge is 0.465 e. The zero-order valence-electron chi connectivity index (χ0n) is 16.5. The van der Waals surface area contributed by atoms with Gasteiger partial charge >= 0.3 is 5.97 Å². The number of nitrogens with zero attached hydrogens (tertiary/aromatic N) is 2. The van der Waals surface area contributed by atoms with Crippen LogP contribution >= 0.6 is 0 Å². The fraction of sp³-hybridized carbons (Fsp3) is 0.227. The lowest BCUT2D eigenvalue weighted by Gasteiger charge is -2.13. The summed E-state index contributed by atoms with van der Waals surface area (Å²) in [5.74, 6) is 1.15. The minimum absolute atomic E-state index is 0.405. The molecule has 0 bridgehead atoms. The Balaban J connectivity index is 1.83. The maximum atomic E-state index is 12.0. The van der Waals surface area contributed by atoms with Gasteiger partial charge in [-0.2, -0.15) is 4.98 Å². The van der Waals surface area contributed by atoms with Crippen molar-refractivity contribution in [3.63, 3.8) is 0 Å². The smallest absolute Gasteiger partial charge is 0.339 e. The van der Waals surface area contributed by atoms with E-state index < -0.39 is 5.97 Å². The normalized spacial score (nSPS) is 10.6. The van der Waals surface area contributed by atoms with Crippen LogP contribution in [0.2, 0.25) is 0 Å². The van der Waals surface area contributed by atoms with Gasteiger partial charge in [-0.05, 0) is 42.7 Å². The van der Waals surface area contributed by atoms with E-state index in [9.17, 15) is 4.79 Å². The average molecular weight is 376 g/mol. The van der Waals surface area contributed by atoms with Crippen LogP contribution in [0.1, 0.15) is 41.4 Å². The molecule has 0 amide bonds. The quantitative estimate of drug-likeness (QED) is 0.577. The maximum Gasteiger partial charge on any atom is 0.339 e. The van der Waals surface area contributed by atoms with E-state index in [0.29, 0.717) is 28.9 Å². The Morgan fingerprint density at radius 3 is 2.39 bits per heavy atom. The maximum absolute atomic E-state index is 12.0. The van der Waals surface area contributed by atoms with Crippen LogP contribution in [0, 0.1) is 6.92 Å². The Bertz CT molecular complexity index is 969. The van der Waals surface area contributed by atoms with Crippen molar-refractivity contribution < 1.29 is 9.53 Å². The second-order valence-corrected chi connectivity index (χ2v) is 6.78. The summed E-state index contributed by atoms with van der Waals surface area (Å²) in [6, 6.07) is 17.2. The zero-order valence-corrected chi connectivity index (χ0v) is 16.5. The number of carbonyl (C=O) groups excluding carboxylic acids is 1. The van der Waals surface area contributed by atoms with E-state index in [1.54, 1.807) is 18.2 Å². The zero-order chi connectivity index (χ0) is 20.1. The SMILES string of the molecule is COC(=O)c1ccccc1Nc1cc(C)nc(Nc2ccc(C(C)C)cc2)n1. The van der Waals surface area contributed by atoms with E-state index in [1.165, 1.54) is 12.7 Å². The number of rotatable bonds is 6. The second kappa shape index (κ2) is 8.52. The lowest BCUT2D eigenvalue weighted by molar-refractivity contribution is 0.0602. The monoisotopic (exact) mass is 376 g/mol. The summed E-state index contributed by atoms with van der Waals surface area (Å²) >= 11 is 0. The summed E-state index contributed by atoms with van der Waals surface area (Å²) in [5.41, 5.74) is 4.06. The third-order valence-electron chi connectivity index (χ3n) is 4.28. The third kappa shape index (κ3) is 4.65. The van der Waals surface area contributed by atoms with Crippen LogP contribution < -0.4 is 10.6 Å². The van der Waals surface area contributed by atoms with Crippen molar-refractivity contribution in [1.82, 2.24) is 9.97 Å². The number of hydrogen-bond acceptors (Lipinski definition) is 6. The van der Waals surface area contributed by atoms with Crippen LogP contribution in [-0.4, -0.2) is 23.0 Å². The molecule has 0 unspecified atom stereocenters. The number of aryl methyl sites for hydroxylation is 1. The van der Waals surface area contributed by atoms with Crippen molar-refractivity contribution in [3.05, 3.63) is 71.4 Å². The van der Waals surface area contributed by atoms with E-state index >= 15 is 0 Å². The number of carbonyl (C=O) groups is 1. The molecule has 0 saturated heterocycles. The molecule has 144 valence electrons. The fourth-order valence-corrected chi connectivity index (χ4v) is 2.79. The summed E-state index contributed by atoms with van der Waals surface area (Å²) in [7, 11) is 1.36. The van der Waals surface area contributed by atoms with Crippen molar-refractivity contribution in [2.24, 2.45) is 0 Å². The van der Waals surface area contributed by atoms with E-state index in [2.05, 4.69) is 46.6 Å². The number of hydrogen-bond donors (Lipinski definition) is 2. The van der Waals surface area contributed by atoms with Gasteiger partial charge in [0.05, 0.1) is 18.4 Å². The van der Waals surface area contributed by atoms with Gasteiger partial charge in [-0.3, -0.25) is 0 Å². The molecule has 0 atom stereocenters. The van der Waals surface area contributed by atoms with Crippen molar-refractivity contribution in [3.8, 4) is 0 Å². The van der Waals surface area contributed by atoms with Gasteiger partial charge in [0.1, 0.15) is 5.82 Å². The van der Waals surface area contributed by atoms with Gasteiger partial charge in [-0.1, -0.05) is 38.1 Å². The molecule has 1 heterocycles. The molecular weight excluding hydrogens is 352 g/mol. The predicted molar refractivity (Wildman–Crippen MR) is 112 cm³/mol. The van der Waals surface area contributed by atoms with E-state index in [1.807, 2.05) is 31.2 Å². The van der Waals surface area contributed by atoms with Crippen LogP contribution in [0.15, 0.2) is 54.6 Å². The number of esters is 1. The molecule has 0 aliphatic rings. The van der Waals surface area contributed by atoms with Crippen LogP contribution in [0.5, 0.6) is 0 Å². The van der Waals surface area contributed by atoms with Gasteiger partial charge in [0.15, 0.2) is 0 Å². The molecule has 0 radical (unpaired) electrons. The summed E-state index contributed by atoms with van der Waals surface area (Å²) in [5, 5.41) is 6.42. The van der Waals surface area contributed by atoms with Gasteiger partial charge in [0.25, 0.3) is 0 Å². The van der Waals surface area contributed by atoms with Crippen LogP contribution in [0.25, 0.3) is 0 Å². The Hall–Kier alpha value is -3.41. The van der Waals surface area contributed by atoms with Gasteiger partial charge in [-0.25, -0.2) is 9.78 Å². The van der Waals surface area contributed by atoms with Gasteiger partial charge in [-0.15, -0.1) is 0 Å². The van der Waals surface area contributed by atoms with Crippen molar-refractivity contribution in [1.29, 1.82) is 0 Å². The highest BCUT2D eigenvalue weighted by Crippen LogP contribution is 2.23. The first-order valence-corrected chi connectivity index (χ1v) is 9.13. The minimum Gasteiger partial charge on any atom is -0.465 e. The lowest BCUT2D eigenvalue weighted by Crippen LogP contribution is -2.07. The Morgan fingerprint density at radius 1 is 1.00 bits per heavy atom. The topological polar surface area (TPSA) is 76.1 Å². The lowest BCUT2D eigenvalue weighted by atomic mass is 10.0. The van der Waals surface area contributed by atoms with Crippen LogP contribution in [0.3, 0.4) is 0 Å². The van der Waals surface area contributed by atoms with Gasteiger partial charge in [0.2, 0.25) is 5.95 Å². The molecule has 1 aromatic heterocycles. The average Bonchev–Trinajstić information content (AvgIpc) is 2.68. The summed E-state index contributed by atoms with van der Waals surface area (Å²) < 4.78 is 4.84. The molecule has 6 nitrogen and oxygen atoms in total. The minimum atomic E-state index is -0.405. The standard InChI is InChI=1S/C22H24N4O2/c1-14(2)16-9-11-17(12-10-16)24-22-23-15(3)13-20(26-22)25-19-8-6-5-7-18(19)21(27)28-4/h5-14H,1-4H3,(H2,23,24,25,26). The Labute approximate surface area is 165 Å². The number of para-hydroxylation sites is 1. The Kier molecular flexibility index (Phi) is 5.89. The highest BCUT2D eigenvalue weighted by molar-refractivity contribution is 5.96. The van der Waals surface area contributed by atoms with Gasteiger partial charge in [0, 0.05) is 17.4 Å². The number of benzene rings is 2. The molecule has 3 aromatic rings. The van der Waals surface area contributed by atoms with Crippen molar-refractivity contribution in [2.75, 3.05) is 17.7 Å². The molecular formula is C22H24N4O2. The van der Waals surface area contributed by atoms with E-state index in [-0.39, 0.29) is 0 Å². The number of anilines is 4. The van der Waals surface area contributed by atoms with Crippen LogP contribution in [0.4, 0.5) is 23.1 Å². The molecule has 3 rings (SSSR count). The molecule has 0 saturated carbocycles. The first kappa shape index (κ1) is 19.4. The molecule has 0 aliphatic carbocycles. The highest BCUT2D eigenvalue weighted by Gasteiger charge is 2.12. The Morgan fingerprint density at radius 2 is 1.71 bits per heavy atom. The van der Waals surface area contributed by atoms with Crippen molar-refractivity contribution in [2.45, 2.75) is 26.7 Å². The molecule has 28 heavy (non-hydrogen) atoms. The first-order valence-electron chi connectivity index (χ1n) is 9.13. The first-order chi connectivity index (χ1) is 13.5. The van der Waals surface area contributed by atoms with Crippen LogP contribution in [-0.2, 0) is 4.74 Å². The molecule has 0 spiro atoms. The fourth-order valence-electron chi connectivity index (χ4n) is 2.79. The van der Waals surface area contributed by atoms with E-state index in [4.69, 9.17) is 4.74 Å². The van der Waals surface area contributed by atoms with Gasteiger partial charge < -0.3 is 15.4 Å². The summed E-state index contributed by atoms with van der Waals surface area (Å²) in [6.07, 6.45) is 0. The molecule has 2 aromatic carbocycles. The third-order valence-corrected chi connectivity index (χ3v) is 4.28. The number of methoxy groups -OCH3 is 1. The summed E-state index contributed by atoms with van der Waals surface area (Å²) in [6.45, 7) is 6.22. The molecule has 6 heteroatoms. The highest BCUT2D eigenvalue weighted by atomic mass is 16.5. The van der Waals surface area contributed by atoms with E-state index in [0.717, 1.165) is 11.4 Å². The molecule has 0 aliphatic heterocycles. The molecule has 2 N–H and O–H groups in total. The number of ether oxygens (including phenoxy) is 1. The van der Waals surface area contributed by atoms with Crippen molar-refractivity contribution >= 4 is 29.1 Å².